The van der Waals surface area contributed by atoms with Crippen molar-refractivity contribution >= 4 is 23.1 Å². The highest BCUT2D eigenvalue weighted by Gasteiger charge is 2.00. The summed E-state index contributed by atoms with van der Waals surface area (Å²) in [7, 11) is 0. The van der Waals surface area contributed by atoms with Crippen molar-refractivity contribution in [2.24, 2.45) is 0 Å². The molecule has 6 heteroatoms. The number of hydrogen-bond donors (Lipinski definition) is 3. The Morgan fingerprint density at radius 3 is 3.00 bits per heavy atom. The standard InChI is InChI=1S/C10H16ClN3O2/c11-8-6-9(12)10(14-7-8)13-2-1-4-16-5-3-15/h6-7,15H,1-5,12H2,(H,13,14). The van der Waals surface area contributed by atoms with Gasteiger partial charge in [-0.2, -0.15) is 0 Å². The molecule has 16 heavy (non-hydrogen) atoms. The lowest BCUT2D eigenvalue weighted by Gasteiger charge is -2.08. The molecule has 0 aliphatic heterocycles. The van der Waals surface area contributed by atoms with Crippen LogP contribution in [0.3, 0.4) is 0 Å². The van der Waals surface area contributed by atoms with Crippen LogP contribution < -0.4 is 11.1 Å². The first kappa shape index (κ1) is 13.0. The Labute approximate surface area is 99.6 Å². The summed E-state index contributed by atoms with van der Waals surface area (Å²) in [6.07, 6.45) is 2.37. The maximum atomic E-state index is 8.48. The van der Waals surface area contributed by atoms with Gasteiger partial charge in [0.2, 0.25) is 0 Å². The topological polar surface area (TPSA) is 80.4 Å². The van der Waals surface area contributed by atoms with Crippen molar-refractivity contribution in [3.63, 3.8) is 0 Å². The first-order valence-corrected chi connectivity index (χ1v) is 5.45. The molecule has 90 valence electrons. The van der Waals surface area contributed by atoms with Gasteiger partial charge in [-0.1, -0.05) is 11.6 Å². The van der Waals surface area contributed by atoms with Crippen LogP contribution in [0, 0.1) is 0 Å². The first-order chi connectivity index (χ1) is 7.74. The normalized spacial score (nSPS) is 10.4. The molecule has 1 rings (SSSR count). The van der Waals surface area contributed by atoms with Crippen molar-refractivity contribution in [2.45, 2.75) is 6.42 Å². The Morgan fingerprint density at radius 1 is 1.50 bits per heavy atom. The van der Waals surface area contributed by atoms with Gasteiger partial charge in [0, 0.05) is 19.3 Å². The minimum Gasteiger partial charge on any atom is -0.396 e. The Bertz CT molecular complexity index is 323. The average molecular weight is 246 g/mol. The van der Waals surface area contributed by atoms with Gasteiger partial charge in [-0.25, -0.2) is 4.98 Å². The van der Waals surface area contributed by atoms with E-state index in [9.17, 15) is 0 Å². The van der Waals surface area contributed by atoms with Gasteiger partial charge in [-0.15, -0.1) is 0 Å². The van der Waals surface area contributed by atoms with Gasteiger partial charge in [0.1, 0.15) is 5.82 Å². The minimum absolute atomic E-state index is 0.0547. The lowest BCUT2D eigenvalue weighted by Crippen LogP contribution is -2.09. The van der Waals surface area contributed by atoms with Crippen molar-refractivity contribution < 1.29 is 9.84 Å². The van der Waals surface area contributed by atoms with Gasteiger partial charge in [-0.05, 0) is 12.5 Å². The zero-order valence-corrected chi connectivity index (χ0v) is 9.70. The lowest BCUT2D eigenvalue weighted by molar-refractivity contribution is 0.0922. The van der Waals surface area contributed by atoms with Gasteiger partial charge in [0.05, 0.1) is 23.9 Å². The van der Waals surface area contributed by atoms with Crippen molar-refractivity contribution in [3.8, 4) is 0 Å². The molecule has 1 aromatic rings. The molecule has 0 aromatic carbocycles. The van der Waals surface area contributed by atoms with Crippen LogP contribution in [0.5, 0.6) is 0 Å². The SMILES string of the molecule is Nc1cc(Cl)cnc1NCCCOCCO. The molecule has 4 N–H and O–H groups in total. The number of anilines is 2. The third-order valence-electron chi connectivity index (χ3n) is 1.88. The van der Waals surface area contributed by atoms with Crippen molar-refractivity contribution in [1.82, 2.24) is 4.98 Å². The van der Waals surface area contributed by atoms with Crippen LogP contribution >= 0.6 is 11.6 Å². The number of ether oxygens (including phenoxy) is 1. The second-order valence-corrected chi connectivity index (χ2v) is 3.64. The number of nitrogens with zero attached hydrogens (tertiary/aromatic N) is 1. The Balaban J connectivity index is 2.21. The number of hydrogen-bond acceptors (Lipinski definition) is 5. The number of aliphatic hydroxyl groups excluding tert-OH is 1. The van der Waals surface area contributed by atoms with Crippen LogP contribution in [0.4, 0.5) is 11.5 Å². The summed E-state index contributed by atoms with van der Waals surface area (Å²) >= 11 is 5.72. The predicted octanol–water partition coefficient (Wildman–Crippen LogP) is 1.13. The number of aromatic nitrogens is 1. The van der Waals surface area contributed by atoms with E-state index < -0.39 is 0 Å². The molecule has 0 atom stereocenters. The molecule has 0 bridgehead atoms. The molecule has 0 spiro atoms. The molecule has 0 fully saturated rings. The van der Waals surface area contributed by atoms with E-state index in [1.54, 1.807) is 12.3 Å². The minimum atomic E-state index is 0.0547. The largest absolute Gasteiger partial charge is 0.396 e. The second kappa shape index (κ2) is 7.27. The third-order valence-corrected chi connectivity index (χ3v) is 2.08. The van der Waals surface area contributed by atoms with Crippen LogP contribution in [0.15, 0.2) is 12.3 Å². The number of nitrogens with two attached hydrogens (primary N) is 1. The van der Waals surface area contributed by atoms with Gasteiger partial charge in [0.25, 0.3) is 0 Å². The fourth-order valence-corrected chi connectivity index (χ4v) is 1.32. The molecule has 0 amide bonds. The summed E-state index contributed by atoms with van der Waals surface area (Å²) in [6.45, 7) is 1.74. The van der Waals surface area contributed by atoms with Gasteiger partial charge < -0.3 is 20.9 Å². The predicted molar refractivity (Wildman–Crippen MR) is 64.7 cm³/mol. The molecule has 0 aliphatic rings. The molecule has 0 aliphatic carbocycles. The molecular weight excluding hydrogens is 230 g/mol. The molecule has 0 unspecified atom stereocenters. The van der Waals surface area contributed by atoms with E-state index in [0.717, 1.165) is 6.42 Å². The summed E-state index contributed by atoms with van der Waals surface area (Å²) in [5, 5.41) is 12.1. The number of halogens is 1. The molecule has 0 saturated heterocycles. The van der Waals surface area contributed by atoms with E-state index in [4.69, 9.17) is 27.2 Å². The number of pyridine rings is 1. The van der Waals surface area contributed by atoms with Crippen LogP contribution in [-0.4, -0.2) is 36.5 Å². The number of rotatable bonds is 7. The maximum absolute atomic E-state index is 8.48. The van der Waals surface area contributed by atoms with Crippen LogP contribution in [-0.2, 0) is 4.74 Å². The van der Waals surface area contributed by atoms with Crippen LogP contribution in [0.25, 0.3) is 0 Å². The zero-order valence-electron chi connectivity index (χ0n) is 8.95. The molecule has 0 radical (unpaired) electrons. The van der Waals surface area contributed by atoms with Gasteiger partial charge in [0.15, 0.2) is 0 Å². The smallest absolute Gasteiger partial charge is 0.149 e. The highest BCUT2D eigenvalue weighted by Crippen LogP contribution is 2.18. The van der Waals surface area contributed by atoms with E-state index >= 15 is 0 Å². The summed E-state index contributed by atoms with van der Waals surface area (Å²) in [4.78, 5) is 4.06. The number of nitrogen functional groups attached to an aromatic ring is 1. The molecule has 1 heterocycles. The lowest BCUT2D eigenvalue weighted by atomic mass is 10.3. The number of aliphatic hydroxyl groups is 1. The Hall–Kier alpha value is -1.04. The van der Waals surface area contributed by atoms with Crippen molar-refractivity contribution in [1.29, 1.82) is 0 Å². The van der Waals surface area contributed by atoms with Crippen molar-refractivity contribution in [2.75, 3.05) is 37.4 Å². The van der Waals surface area contributed by atoms with E-state index in [2.05, 4.69) is 10.3 Å². The Kier molecular flexibility index (Phi) is 5.92. The van der Waals surface area contributed by atoms with Crippen LogP contribution in [0.2, 0.25) is 5.02 Å². The first-order valence-electron chi connectivity index (χ1n) is 5.07. The quantitative estimate of drug-likeness (QED) is 0.628. The summed E-state index contributed by atoms with van der Waals surface area (Å²) in [6, 6.07) is 1.65. The zero-order chi connectivity index (χ0) is 11.8. The fourth-order valence-electron chi connectivity index (χ4n) is 1.15. The van der Waals surface area contributed by atoms with Gasteiger partial charge in [-0.3, -0.25) is 0 Å². The Morgan fingerprint density at radius 2 is 2.31 bits per heavy atom. The monoisotopic (exact) mass is 245 g/mol. The van der Waals surface area contributed by atoms with E-state index in [1.165, 1.54) is 0 Å². The molecule has 1 aromatic heterocycles. The molecule has 0 saturated carbocycles. The number of nitrogens with one attached hydrogen (secondary N) is 1. The average Bonchev–Trinajstić information content (AvgIpc) is 2.26. The molecule has 5 nitrogen and oxygen atoms in total. The molecular formula is C10H16ClN3O2. The third kappa shape index (κ3) is 4.65. The summed E-state index contributed by atoms with van der Waals surface area (Å²) < 4.78 is 5.11. The fraction of sp³-hybridized carbons (Fsp3) is 0.500. The van der Waals surface area contributed by atoms with Crippen molar-refractivity contribution in [3.05, 3.63) is 17.3 Å². The van der Waals surface area contributed by atoms with E-state index in [1.807, 2.05) is 0 Å². The van der Waals surface area contributed by atoms with E-state index in [-0.39, 0.29) is 6.61 Å². The summed E-state index contributed by atoms with van der Waals surface area (Å²) in [5.41, 5.74) is 6.24. The van der Waals surface area contributed by atoms with Gasteiger partial charge >= 0.3 is 0 Å². The maximum Gasteiger partial charge on any atom is 0.149 e. The van der Waals surface area contributed by atoms with E-state index in [0.29, 0.717) is 36.3 Å². The summed E-state index contributed by atoms with van der Waals surface area (Å²) in [5.74, 6) is 0.631. The second-order valence-electron chi connectivity index (χ2n) is 3.21. The van der Waals surface area contributed by atoms with Crippen LogP contribution in [0.1, 0.15) is 6.42 Å². The highest BCUT2D eigenvalue weighted by atomic mass is 35.5. The highest BCUT2D eigenvalue weighted by molar-refractivity contribution is 6.30.